The van der Waals surface area contributed by atoms with Crippen LogP contribution in [0.5, 0.6) is 0 Å². The number of nitrogens with one attached hydrogen (secondary N) is 1. The van der Waals surface area contributed by atoms with E-state index in [0.29, 0.717) is 12.1 Å². The SMILES string of the molecule is Cc1c(CNC2(CO)CCCCC2)cccc1[N+](=O)[O-]. The normalized spacial score (nSPS) is 17.9. The first-order valence-corrected chi connectivity index (χ1v) is 7.17. The summed E-state index contributed by atoms with van der Waals surface area (Å²) in [6, 6.07) is 5.15. The van der Waals surface area contributed by atoms with Gasteiger partial charge in [-0.2, -0.15) is 0 Å². The Bertz CT molecular complexity index is 482. The number of nitrogens with zero attached hydrogens (tertiary/aromatic N) is 1. The molecule has 1 aliphatic rings. The van der Waals surface area contributed by atoms with Crippen LogP contribution in [0.4, 0.5) is 5.69 Å². The van der Waals surface area contributed by atoms with Crippen LogP contribution in [0.1, 0.15) is 43.2 Å². The van der Waals surface area contributed by atoms with Gasteiger partial charge in [-0.15, -0.1) is 0 Å². The van der Waals surface area contributed by atoms with Crippen LogP contribution in [0.25, 0.3) is 0 Å². The van der Waals surface area contributed by atoms with Gasteiger partial charge in [-0.1, -0.05) is 31.4 Å². The average Bonchev–Trinajstić information content (AvgIpc) is 2.47. The van der Waals surface area contributed by atoms with Crippen molar-refractivity contribution in [3.05, 3.63) is 39.4 Å². The number of benzene rings is 1. The smallest absolute Gasteiger partial charge is 0.272 e. The lowest BCUT2D eigenvalue weighted by atomic mass is 9.82. The molecule has 1 aliphatic carbocycles. The molecule has 0 unspecified atom stereocenters. The van der Waals surface area contributed by atoms with E-state index in [9.17, 15) is 15.2 Å². The first kappa shape index (κ1) is 14.9. The Morgan fingerprint density at radius 3 is 2.65 bits per heavy atom. The van der Waals surface area contributed by atoms with Gasteiger partial charge in [0.15, 0.2) is 0 Å². The molecule has 0 atom stereocenters. The van der Waals surface area contributed by atoms with Crippen LogP contribution in [0.3, 0.4) is 0 Å². The van der Waals surface area contributed by atoms with Crippen LogP contribution in [0, 0.1) is 17.0 Å². The zero-order valence-electron chi connectivity index (χ0n) is 11.9. The molecule has 0 heterocycles. The fourth-order valence-corrected chi connectivity index (χ4v) is 2.96. The van der Waals surface area contributed by atoms with Crippen molar-refractivity contribution in [2.45, 2.75) is 51.1 Å². The molecule has 2 N–H and O–H groups in total. The lowest BCUT2D eigenvalue weighted by molar-refractivity contribution is -0.385. The quantitative estimate of drug-likeness (QED) is 0.641. The number of aliphatic hydroxyl groups excluding tert-OH is 1. The maximum Gasteiger partial charge on any atom is 0.272 e. The molecular formula is C15H22N2O3. The molecule has 20 heavy (non-hydrogen) atoms. The van der Waals surface area contributed by atoms with Crippen LogP contribution in [0.15, 0.2) is 18.2 Å². The number of rotatable bonds is 5. The third kappa shape index (κ3) is 3.16. The van der Waals surface area contributed by atoms with Gasteiger partial charge in [-0.3, -0.25) is 10.1 Å². The van der Waals surface area contributed by atoms with Crippen molar-refractivity contribution >= 4 is 5.69 Å². The molecule has 1 aromatic carbocycles. The van der Waals surface area contributed by atoms with Crippen molar-refractivity contribution in [1.29, 1.82) is 0 Å². The van der Waals surface area contributed by atoms with E-state index in [1.807, 2.05) is 6.07 Å². The van der Waals surface area contributed by atoms with E-state index in [2.05, 4.69) is 5.32 Å². The third-order valence-corrected chi connectivity index (χ3v) is 4.38. The highest BCUT2D eigenvalue weighted by Crippen LogP contribution is 2.29. The summed E-state index contributed by atoms with van der Waals surface area (Å²) in [7, 11) is 0. The van der Waals surface area contributed by atoms with Crippen molar-refractivity contribution in [2.24, 2.45) is 0 Å². The van der Waals surface area contributed by atoms with E-state index in [-0.39, 0.29) is 22.8 Å². The fraction of sp³-hybridized carbons (Fsp3) is 0.600. The summed E-state index contributed by atoms with van der Waals surface area (Å²) in [5.74, 6) is 0. The second kappa shape index (κ2) is 6.33. The minimum atomic E-state index is -0.346. The summed E-state index contributed by atoms with van der Waals surface area (Å²) in [4.78, 5) is 10.6. The monoisotopic (exact) mass is 278 g/mol. The molecule has 0 amide bonds. The van der Waals surface area contributed by atoms with Crippen molar-refractivity contribution in [3.8, 4) is 0 Å². The van der Waals surface area contributed by atoms with Gasteiger partial charge in [0.25, 0.3) is 5.69 Å². The summed E-state index contributed by atoms with van der Waals surface area (Å²) in [5, 5.41) is 24.0. The van der Waals surface area contributed by atoms with Crippen LogP contribution < -0.4 is 5.32 Å². The van der Waals surface area contributed by atoms with Crippen LogP contribution in [-0.4, -0.2) is 22.2 Å². The second-order valence-electron chi connectivity index (χ2n) is 5.67. The molecule has 1 saturated carbocycles. The molecule has 0 saturated heterocycles. The standard InChI is InChI=1S/C15H22N2O3/c1-12-13(6-5-7-14(12)17(19)20)10-16-15(11-18)8-3-2-4-9-15/h5-7,16,18H,2-4,8-11H2,1H3. The van der Waals surface area contributed by atoms with Gasteiger partial charge < -0.3 is 10.4 Å². The molecular weight excluding hydrogens is 256 g/mol. The Kier molecular flexibility index (Phi) is 4.73. The van der Waals surface area contributed by atoms with Gasteiger partial charge in [0.1, 0.15) is 0 Å². The molecule has 5 heteroatoms. The van der Waals surface area contributed by atoms with E-state index in [1.165, 1.54) is 12.5 Å². The lowest BCUT2D eigenvalue weighted by Gasteiger charge is -2.37. The van der Waals surface area contributed by atoms with Crippen LogP contribution >= 0.6 is 0 Å². The summed E-state index contributed by atoms with van der Waals surface area (Å²) in [6.07, 6.45) is 5.41. The first-order chi connectivity index (χ1) is 9.58. The molecule has 0 aliphatic heterocycles. The summed E-state index contributed by atoms with van der Waals surface area (Å²) in [6.45, 7) is 2.47. The van der Waals surface area contributed by atoms with E-state index < -0.39 is 0 Å². The topological polar surface area (TPSA) is 75.4 Å². The van der Waals surface area contributed by atoms with E-state index in [1.54, 1.807) is 13.0 Å². The predicted octanol–water partition coefficient (Wildman–Crippen LogP) is 2.69. The average molecular weight is 278 g/mol. The van der Waals surface area contributed by atoms with Gasteiger partial charge >= 0.3 is 0 Å². The zero-order chi connectivity index (χ0) is 14.6. The van der Waals surface area contributed by atoms with Crippen molar-refractivity contribution < 1.29 is 10.0 Å². The maximum absolute atomic E-state index is 10.9. The molecule has 0 radical (unpaired) electrons. The zero-order valence-corrected chi connectivity index (χ0v) is 11.9. The van der Waals surface area contributed by atoms with Crippen molar-refractivity contribution in [2.75, 3.05) is 6.61 Å². The highest BCUT2D eigenvalue weighted by molar-refractivity contribution is 5.44. The molecule has 0 bridgehead atoms. The van der Waals surface area contributed by atoms with Crippen LogP contribution in [0.2, 0.25) is 0 Å². The molecule has 5 nitrogen and oxygen atoms in total. The van der Waals surface area contributed by atoms with Gasteiger partial charge in [0.05, 0.1) is 11.5 Å². The third-order valence-electron chi connectivity index (χ3n) is 4.38. The summed E-state index contributed by atoms with van der Waals surface area (Å²) < 4.78 is 0. The first-order valence-electron chi connectivity index (χ1n) is 7.17. The molecule has 1 fully saturated rings. The van der Waals surface area contributed by atoms with E-state index in [0.717, 1.165) is 31.2 Å². The Balaban J connectivity index is 2.10. The minimum Gasteiger partial charge on any atom is -0.394 e. The Labute approximate surface area is 119 Å². The largest absolute Gasteiger partial charge is 0.394 e. The Hall–Kier alpha value is -1.46. The van der Waals surface area contributed by atoms with Crippen molar-refractivity contribution in [1.82, 2.24) is 5.32 Å². The van der Waals surface area contributed by atoms with Crippen LogP contribution in [-0.2, 0) is 6.54 Å². The highest BCUT2D eigenvalue weighted by atomic mass is 16.6. The Morgan fingerprint density at radius 1 is 1.35 bits per heavy atom. The summed E-state index contributed by atoms with van der Waals surface area (Å²) >= 11 is 0. The molecule has 0 aromatic heterocycles. The van der Waals surface area contributed by atoms with Gasteiger partial charge in [0, 0.05) is 23.7 Å². The molecule has 110 valence electrons. The number of nitro groups is 1. The number of hydrogen-bond acceptors (Lipinski definition) is 4. The fourth-order valence-electron chi connectivity index (χ4n) is 2.96. The Morgan fingerprint density at radius 2 is 2.05 bits per heavy atom. The van der Waals surface area contributed by atoms with E-state index >= 15 is 0 Å². The molecule has 1 aromatic rings. The van der Waals surface area contributed by atoms with E-state index in [4.69, 9.17) is 0 Å². The van der Waals surface area contributed by atoms with Gasteiger partial charge in [-0.25, -0.2) is 0 Å². The highest BCUT2D eigenvalue weighted by Gasteiger charge is 2.30. The number of aliphatic hydroxyl groups is 1. The lowest BCUT2D eigenvalue weighted by Crippen LogP contribution is -2.49. The van der Waals surface area contributed by atoms with Gasteiger partial charge in [0.2, 0.25) is 0 Å². The maximum atomic E-state index is 10.9. The molecule has 2 rings (SSSR count). The predicted molar refractivity (Wildman–Crippen MR) is 77.6 cm³/mol. The summed E-state index contributed by atoms with van der Waals surface area (Å²) in [5.41, 5.74) is 1.58. The van der Waals surface area contributed by atoms with Gasteiger partial charge in [-0.05, 0) is 25.3 Å². The number of nitro benzene ring substituents is 1. The molecule has 0 spiro atoms. The number of hydrogen-bond donors (Lipinski definition) is 2. The van der Waals surface area contributed by atoms with Crippen molar-refractivity contribution in [3.63, 3.8) is 0 Å². The minimum absolute atomic E-state index is 0.126. The second-order valence-corrected chi connectivity index (χ2v) is 5.67.